The molecule has 0 saturated carbocycles. The highest BCUT2D eigenvalue weighted by Crippen LogP contribution is 2.49. The van der Waals surface area contributed by atoms with Gasteiger partial charge in [-0.15, -0.1) is 0 Å². The molecule has 31 heavy (non-hydrogen) atoms. The van der Waals surface area contributed by atoms with Crippen molar-refractivity contribution in [2.45, 2.75) is 52.4 Å². The number of rotatable bonds is 4. The van der Waals surface area contributed by atoms with Gasteiger partial charge >= 0.3 is 0 Å². The number of para-hydroxylation sites is 2. The van der Waals surface area contributed by atoms with Gasteiger partial charge in [-0.05, 0) is 35.4 Å². The number of allylic oxidation sites excluding steroid dienone is 2. The zero-order valence-corrected chi connectivity index (χ0v) is 18.1. The summed E-state index contributed by atoms with van der Waals surface area (Å²) in [5, 5.41) is 11.7. The minimum Gasteiger partial charge on any atom is -0.294 e. The van der Waals surface area contributed by atoms with E-state index in [1.54, 1.807) is 18.2 Å². The van der Waals surface area contributed by atoms with Crippen LogP contribution in [0, 0.1) is 15.5 Å². The average molecular weight is 418 g/mol. The molecule has 1 unspecified atom stereocenters. The van der Waals surface area contributed by atoms with Gasteiger partial charge in [0.15, 0.2) is 5.78 Å². The van der Waals surface area contributed by atoms with Crippen molar-refractivity contribution in [2.24, 2.45) is 5.41 Å². The third kappa shape index (κ3) is 3.78. The summed E-state index contributed by atoms with van der Waals surface area (Å²) in [6.45, 7) is 6.07. The molecular formula is C25H26N2O4. The number of carbonyl (C=O) groups is 2. The fourth-order valence-corrected chi connectivity index (χ4v) is 4.77. The Bertz CT molecular complexity index is 1100. The molecule has 2 aromatic carbocycles. The van der Waals surface area contributed by atoms with Gasteiger partial charge in [-0.2, -0.15) is 0 Å². The number of nitrogens with zero attached hydrogens (tertiary/aromatic N) is 2. The van der Waals surface area contributed by atoms with Crippen LogP contribution < -0.4 is 4.90 Å². The summed E-state index contributed by atoms with van der Waals surface area (Å²) in [6, 6.07) is 14.3. The number of nitro groups is 1. The van der Waals surface area contributed by atoms with Crippen LogP contribution in [0.2, 0.25) is 0 Å². The predicted molar refractivity (Wildman–Crippen MR) is 119 cm³/mol. The van der Waals surface area contributed by atoms with Gasteiger partial charge in [0.1, 0.15) is 5.69 Å². The summed E-state index contributed by atoms with van der Waals surface area (Å²) in [5.41, 5.74) is 3.13. The molecule has 2 aromatic rings. The number of hydrogen-bond donors (Lipinski definition) is 0. The molecule has 1 aliphatic carbocycles. The molecule has 0 aromatic heterocycles. The van der Waals surface area contributed by atoms with E-state index in [1.807, 2.05) is 38.1 Å². The van der Waals surface area contributed by atoms with Crippen molar-refractivity contribution < 1.29 is 14.5 Å². The third-order valence-corrected chi connectivity index (χ3v) is 6.25. The maximum Gasteiger partial charge on any atom is 0.293 e. The standard InChI is InChI=1S/C25H26N2O4/c1-4-16-9-11-17(12-10-16)18-13-23(29)26(19-7-5-6-8-20(19)27(30)31)21-14-25(2,3)15-22(28)24(18)21/h5-12,18H,4,13-15H2,1-3H3. The molecule has 1 heterocycles. The highest BCUT2D eigenvalue weighted by molar-refractivity contribution is 6.08. The van der Waals surface area contributed by atoms with Crippen LogP contribution >= 0.6 is 0 Å². The fraction of sp³-hybridized carbons (Fsp3) is 0.360. The second kappa shape index (κ2) is 7.76. The largest absolute Gasteiger partial charge is 0.294 e. The van der Waals surface area contributed by atoms with Crippen LogP contribution in [0.25, 0.3) is 0 Å². The summed E-state index contributed by atoms with van der Waals surface area (Å²) >= 11 is 0. The van der Waals surface area contributed by atoms with E-state index in [-0.39, 0.29) is 40.8 Å². The van der Waals surface area contributed by atoms with Crippen LogP contribution in [0.3, 0.4) is 0 Å². The first-order valence-corrected chi connectivity index (χ1v) is 10.6. The summed E-state index contributed by atoms with van der Waals surface area (Å²) in [6.07, 6.45) is 1.93. The Morgan fingerprint density at radius 2 is 1.74 bits per heavy atom. The molecule has 2 aliphatic rings. The van der Waals surface area contributed by atoms with Gasteiger partial charge < -0.3 is 0 Å². The second-order valence-corrected chi connectivity index (χ2v) is 9.13. The van der Waals surface area contributed by atoms with Crippen LogP contribution in [-0.2, 0) is 16.0 Å². The van der Waals surface area contributed by atoms with E-state index in [2.05, 4.69) is 6.92 Å². The zero-order valence-electron chi connectivity index (χ0n) is 18.1. The molecule has 0 N–H and O–H groups in total. The lowest BCUT2D eigenvalue weighted by atomic mass is 9.69. The van der Waals surface area contributed by atoms with Crippen molar-refractivity contribution in [3.05, 3.63) is 81.0 Å². The van der Waals surface area contributed by atoms with Gasteiger partial charge in [0, 0.05) is 36.1 Å². The number of anilines is 1. The van der Waals surface area contributed by atoms with E-state index in [0.717, 1.165) is 12.0 Å². The van der Waals surface area contributed by atoms with Gasteiger partial charge in [-0.3, -0.25) is 24.6 Å². The zero-order chi connectivity index (χ0) is 22.3. The van der Waals surface area contributed by atoms with E-state index < -0.39 is 4.92 Å². The molecule has 0 spiro atoms. The Kier molecular flexibility index (Phi) is 5.25. The first-order chi connectivity index (χ1) is 14.7. The van der Waals surface area contributed by atoms with E-state index in [4.69, 9.17) is 0 Å². The molecule has 6 nitrogen and oxygen atoms in total. The Morgan fingerprint density at radius 1 is 1.06 bits per heavy atom. The lowest BCUT2D eigenvalue weighted by molar-refractivity contribution is -0.384. The lowest BCUT2D eigenvalue weighted by Gasteiger charge is -2.42. The number of hydrogen-bond acceptors (Lipinski definition) is 4. The van der Waals surface area contributed by atoms with Crippen molar-refractivity contribution >= 4 is 23.1 Å². The topological polar surface area (TPSA) is 80.5 Å². The van der Waals surface area contributed by atoms with E-state index in [9.17, 15) is 19.7 Å². The van der Waals surface area contributed by atoms with E-state index >= 15 is 0 Å². The second-order valence-electron chi connectivity index (χ2n) is 9.13. The number of amides is 1. The lowest BCUT2D eigenvalue weighted by Crippen LogP contribution is -2.44. The minimum atomic E-state index is -0.478. The summed E-state index contributed by atoms with van der Waals surface area (Å²) in [5.74, 6) is -0.522. The van der Waals surface area contributed by atoms with Gasteiger partial charge in [0.05, 0.1) is 4.92 Å². The van der Waals surface area contributed by atoms with Gasteiger partial charge in [-0.1, -0.05) is 57.2 Å². The number of aryl methyl sites for hydroxylation is 1. The Labute approximate surface area is 181 Å². The smallest absolute Gasteiger partial charge is 0.293 e. The molecule has 6 heteroatoms. The molecule has 1 amide bonds. The van der Waals surface area contributed by atoms with Gasteiger partial charge in [-0.25, -0.2) is 0 Å². The van der Waals surface area contributed by atoms with Crippen LogP contribution in [0.4, 0.5) is 11.4 Å². The minimum absolute atomic E-state index is 0.0203. The number of ketones is 1. The number of benzene rings is 2. The van der Waals surface area contributed by atoms with Crippen LogP contribution in [0.5, 0.6) is 0 Å². The molecule has 0 bridgehead atoms. The van der Waals surface area contributed by atoms with Crippen LogP contribution in [0.15, 0.2) is 59.8 Å². The molecule has 160 valence electrons. The quantitative estimate of drug-likeness (QED) is 0.497. The third-order valence-electron chi connectivity index (χ3n) is 6.25. The first kappa shape index (κ1) is 21.0. The molecule has 4 rings (SSSR count). The average Bonchev–Trinajstić information content (AvgIpc) is 2.72. The summed E-state index contributed by atoms with van der Waals surface area (Å²) in [4.78, 5) is 39.3. The normalized spacial score (nSPS) is 20.6. The van der Waals surface area contributed by atoms with E-state index in [0.29, 0.717) is 24.1 Å². The highest BCUT2D eigenvalue weighted by Gasteiger charge is 2.45. The van der Waals surface area contributed by atoms with E-state index in [1.165, 1.54) is 16.5 Å². The number of nitro benzene ring substituents is 1. The van der Waals surface area contributed by atoms with Crippen molar-refractivity contribution in [1.82, 2.24) is 0 Å². The molecule has 0 saturated heterocycles. The van der Waals surface area contributed by atoms with Crippen LogP contribution in [-0.4, -0.2) is 16.6 Å². The van der Waals surface area contributed by atoms with Crippen molar-refractivity contribution in [2.75, 3.05) is 4.90 Å². The first-order valence-electron chi connectivity index (χ1n) is 10.6. The summed E-state index contributed by atoms with van der Waals surface area (Å²) < 4.78 is 0. The predicted octanol–water partition coefficient (Wildman–Crippen LogP) is 5.32. The molecule has 0 radical (unpaired) electrons. The summed E-state index contributed by atoms with van der Waals surface area (Å²) in [7, 11) is 0. The maximum atomic E-state index is 13.4. The van der Waals surface area contributed by atoms with Crippen molar-refractivity contribution in [3.8, 4) is 0 Å². The monoisotopic (exact) mass is 418 g/mol. The molecular weight excluding hydrogens is 392 g/mol. The highest BCUT2D eigenvalue weighted by atomic mass is 16.6. The Balaban J connectivity index is 1.91. The molecule has 1 atom stereocenters. The Morgan fingerprint density at radius 3 is 2.39 bits per heavy atom. The number of Topliss-reactive ketones (excluding diaryl/α,β-unsaturated/α-hetero) is 1. The Hall–Kier alpha value is -3.28. The molecule has 1 aliphatic heterocycles. The van der Waals surface area contributed by atoms with Crippen LogP contribution in [0.1, 0.15) is 57.1 Å². The molecule has 0 fully saturated rings. The van der Waals surface area contributed by atoms with Gasteiger partial charge in [0.25, 0.3) is 5.69 Å². The van der Waals surface area contributed by atoms with Crippen molar-refractivity contribution in [1.29, 1.82) is 0 Å². The van der Waals surface area contributed by atoms with Crippen molar-refractivity contribution in [3.63, 3.8) is 0 Å². The number of carbonyl (C=O) groups excluding carboxylic acids is 2. The maximum absolute atomic E-state index is 13.4. The van der Waals surface area contributed by atoms with Gasteiger partial charge in [0.2, 0.25) is 5.91 Å². The SMILES string of the molecule is CCc1ccc(C2CC(=O)N(c3ccccc3[N+](=O)[O-])C3=C2C(=O)CC(C)(C)C3)cc1. The fourth-order valence-electron chi connectivity index (χ4n) is 4.77.